The van der Waals surface area contributed by atoms with Gasteiger partial charge in [-0.15, -0.1) is 0 Å². The van der Waals surface area contributed by atoms with Gasteiger partial charge in [0.2, 0.25) is 5.88 Å². The molecule has 1 aliphatic carbocycles. The van der Waals surface area contributed by atoms with Crippen LogP contribution in [-0.4, -0.2) is 43.8 Å². The summed E-state index contributed by atoms with van der Waals surface area (Å²) in [4.78, 5) is 11.2. The van der Waals surface area contributed by atoms with E-state index in [1.807, 2.05) is 48.9 Å². The molecule has 144 valence electrons. The molecule has 3 aromatic heterocycles. The Labute approximate surface area is 165 Å². The highest BCUT2D eigenvalue weighted by Gasteiger charge is 2.44. The fraction of sp³-hybridized carbons (Fsp3) is 0.409. The maximum absolute atomic E-state index is 6.35. The van der Waals surface area contributed by atoms with E-state index in [9.17, 15) is 0 Å². The normalized spacial score (nSPS) is 27.4. The van der Waals surface area contributed by atoms with Gasteiger partial charge in [0, 0.05) is 56.7 Å². The number of nitrogens with zero attached hydrogens (tertiary/aromatic N) is 5. The fourth-order valence-corrected chi connectivity index (χ4v) is 4.82. The van der Waals surface area contributed by atoms with Crippen molar-refractivity contribution in [2.24, 2.45) is 11.8 Å². The van der Waals surface area contributed by atoms with Crippen molar-refractivity contribution < 1.29 is 4.74 Å². The van der Waals surface area contributed by atoms with Crippen LogP contribution in [-0.2, 0) is 6.54 Å². The Kier molecular flexibility index (Phi) is 4.79. The van der Waals surface area contributed by atoms with Crippen molar-refractivity contribution in [3.63, 3.8) is 0 Å². The highest BCUT2D eigenvalue weighted by Crippen LogP contribution is 2.42. The summed E-state index contributed by atoms with van der Waals surface area (Å²) in [6, 6.07) is 12.3. The second kappa shape index (κ2) is 7.72. The van der Waals surface area contributed by atoms with Gasteiger partial charge < -0.3 is 4.74 Å². The molecule has 28 heavy (non-hydrogen) atoms. The molecule has 1 aliphatic heterocycles. The van der Waals surface area contributed by atoms with E-state index >= 15 is 0 Å². The fourth-order valence-electron chi connectivity index (χ4n) is 4.82. The van der Waals surface area contributed by atoms with E-state index in [-0.39, 0.29) is 12.1 Å². The summed E-state index contributed by atoms with van der Waals surface area (Å²) in [6.07, 6.45) is 11.7. The van der Waals surface area contributed by atoms with Crippen LogP contribution >= 0.6 is 0 Å². The molecule has 6 nitrogen and oxygen atoms in total. The summed E-state index contributed by atoms with van der Waals surface area (Å²) < 4.78 is 8.43. The van der Waals surface area contributed by atoms with Crippen LogP contribution in [0.4, 0.5) is 0 Å². The molecular weight excluding hydrogens is 350 g/mol. The van der Waals surface area contributed by atoms with E-state index in [0.29, 0.717) is 17.7 Å². The lowest BCUT2D eigenvalue weighted by atomic mass is 9.77. The summed E-state index contributed by atoms with van der Waals surface area (Å²) in [7, 11) is 0. The Morgan fingerprint density at radius 2 is 1.89 bits per heavy atom. The van der Waals surface area contributed by atoms with E-state index in [1.165, 1.54) is 5.56 Å². The summed E-state index contributed by atoms with van der Waals surface area (Å²) in [5.41, 5.74) is 1.28. The monoisotopic (exact) mass is 375 g/mol. The van der Waals surface area contributed by atoms with Crippen molar-refractivity contribution in [3.8, 4) is 5.88 Å². The molecule has 0 N–H and O–H groups in total. The molecule has 4 atom stereocenters. The van der Waals surface area contributed by atoms with Crippen molar-refractivity contribution in [2.45, 2.75) is 31.5 Å². The minimum Gasteiger partial charge on any atom is -0.472 e. The maximum atomic E-state index is 6.35. The zero-order valence-corrected chi connectivity index (χ0v) is 15.8. The van der Waals surface area contributed by atoms with Gasteiger partial charge in [0.25, 0.3) is 0 Å². The van der Waals surface area contributed by atoms with E-state index in [2.05, 4.69) is 36.9 Å². The molecule has 1 saturated carbocycles. The number of rotatable bonds is 5. The third kappa shape index (κ3) is 3.64. The number of hydrogen-bond donors (Lipinski definition) is 0. The highest BCUT2D eigenvalue weighted by atomic mass is 16.5. The lowest BCUT2D eigenvalue weighted by Gasteiger charge is -2.37. The van der Waals surface area contributed by atoms with E-state index in [0.717, 1.165) is 32.5 Å². The van der Waals surface area contributed by atoms with E-state index < -0.39 is 0 Å². The van der Waals surface area contributed by atoms with Gasteiger partial charge in [-0.3, -0.25) is 14.6 Å². The van der Waals surface area contributed by atoms with Crippen LogP contribution in [0.2, 0.25) is 0 Å². The third-order valence-corrected chi connectivity index (χ3v) is 6.06. The van der Waals surface area contributed by atoms with Crippen molar-refractivity contribution >= 4 is 0 Å². The van der Waals surface area contributed by atoms with Gasteiger partial charge in [0.15, 0.2) is 0 Å². The highest BCUT2D eigenvalue weighted by molar-refractivity contribution is 5.12. The van der Waals surface area contributed by atoms with Crippen LogP contribution in [0.1, 0.15) is 24.4 Å². The molecule has 2 fully saturated rings. The van der Waals surface area contributed by atoms with Crippen molar-refractivity contribution in [3.05, 3.63) is 72.9 Å². The maximum Gasteiger partial charge on any atom is 0.213 e. The molecule has 1 saturated heterocycles. The van der Waals surface area contributed by atoms with Gasteiger partial charge in [-0.25, -0.2) is 4.98 Å². The van der Waals surface area contributed by atoms with Crippen molar-refractivity contribution in [2.75, 3.05) is 13.1 Å². The van der Waals surface area contributed by atoms with Crippen molar-refractivity contribution in [1.82, 2.24) is 24.6 Å². The molecule has 0 unspecified atom stereocenters. The molecule has 0 spiro atoms. The predicted molar refractivity (Wildman–Crippen MR) is 106 cm³/mol. The molecule has 6 heteroatoms. The van der Waals surface area contributed by atoms with Gasteiger partial charge in [0.05, 0.1) is 6.04 Å². The first-order valence-corrected chi connectivity index (χ1v) is 10.0. The lowest BCUT2D eigenvalue weighted by Crippen LogP contribution is -2.40. The Hall–Kier alpha value is -2.73. The second-order valence-electron chi connectivity index (χ2n) is 7.92. The van der Waals surface area contributed by atoms with Crippen LogP contribution in [0, 0.1) is 11.8 Å². The largest absolute Gasteiger partial charge is 0.472 e. The van der Waals surface area contributed by atoms with Gasteiger partial charge >= 0.3 is 0 Å². The van der Waals surface area contributed by atoms with Crippen LogP contribution in [0.15, 0.2) is 67.4 Å². The van der Waals surface area contributed by atoms with E-state index in [4.69, 9.17) is 4.74 Å². The first-order valence-electron chi connectivity index (χ1n) is 10.0. The summed E-state index contributed by atoms with van der Waals surface area (Å²) in [5.74, 6) is 2.03. The topological polar surface area (TPSA) is 56.1 Å². The van der Waals surface area contributed by atoms with Gasteiger partial charge in [-0.2, -0.15) is 5.10 Å². The Morgan fingerprint density at radius 3 is 2.64 bits per heavy atom. The first-order chi connectivity index (χ1) is 13.8. The number of fused-ring (bicyclic) bond motifs is 1. The number of hydrogen-bond acceptors (Lipinski definition) is 5. The average molecular weight is 375 g/mol. The molecule has 0 aromatic carbocycles. The molecule has 0 radical (unpaired) electrons. The Bertz CT molecular complexity index is 870. The molecule has 2 aliphatic rings. The second-order valence-corrected chi connectivity index (χ2v) is 7.92. The molecule has 0 amide bonds. The smallest absolute Gasteiger partial charge is 0.213 e. The van der Waals surface area contributed by atoms with Gasteiger partial charge in [-0.05, 0) is 48.4 Å². The molecule has 4 heterocycles. The first kappa shape index (κ1) is 17.4. The molecule has 3 aromatic rings. The van der Waals surface area contributed by atoms with Crippen LogP contribution in [0.3, 0.4) is 0 Å². The minimum absolute atomic E-state index is 0.0920. The van der Waals surface area contributed by atoms with Crippen LogP contribution in [0.5, 0.6) is 5.88 Å². The predicted octanol–water partition coefficient (Wildman–Crippen LogP) is 3.20. The van der Waals surface area contributed by atoms with Gasteiger partial charge in [0.1, 0.15) is 6.10 Å². The Balaban J connectivity index is 1.32. The summed E-state index contributed by atoms with van der Waals surface area (Å²) in [5, 5.41) is 4.53. The Morgan fingerprint density at radius 1 is 0.964 bits per heavy atom. The van der Waals surface area contributed by atoms with Crippen LogP contribution < -0.4 is 4.74 Å². The molecule has 0 bridgehead atoms. The summed E-state index contributed by atoms with van der Waals surface area (Å²) in [6.45, 7) is 3.22. The van der Waals surface area contributed by atoms with Crippen molar-refractivity contribution in [1.29, 1.82) is 0 Å². The minimum atomic E-state index is 0.0920. The zero-order valence-electron chi connectivity index (χ0n) is 15.8. The zero-order chi connectivity index (χ0) is 18.8. The number of aromatic nitrogens is 4. The SMILES string of the molecule is c1ccc(O[C@H]2C[C@@H]3CN(Cc4cccnc4)C[C@@H]3C[C@@H]2n2cccn2)nc1. The van der Waals surface area contributed by atoms with Gasteiger partial charge in [-0.1, -0.05) is 12.1 Å². The lowest BCUT2D eigenvalue weighted by molar-refractivity contribution is 0.0459. The third-order valence-electron chi connectivity index (χ3n) is 6.06. The summed E-state index contributed by atoms with van der Waals surface area (Å²) >= 11 is 0. The van der Waals surface area contributed by atoms with E-state index in [1.54, 1.807) is 6.20 Å². The number of pyridine rings is 2. The average Bonchev–Trinajstić information content (AvgIpc) is 3.38. The molecule has 5 rings (SSSR count). The molecular formula is C22H25N5O. The number of likely N-dealkylation sites (tertiary alicyclic amines) is 1. The standard InChI is InChI=1S/C22H25N5O/c1-2-8-24-22(6-1)28-21-12-19-16-26(14-17-5-3-7-23-13-17)15-18(19)11-20(21)27-10-4-9-25-27/h1-10,13,18-21H,11-12,14-16H2/t18-,19+,20-,21-/m0/s1. The number of ether oxygens (including phenoxy) is 1. The van der Waals surface area contributed by atoms with Crippen LogP contribution in [0.25, 0.3) is 0 Å². The quantitative estimate of drug-likeness (QED) is 0.685.